The molecule has 2 atom stereocenters. The van der Waals surface area contributed by atoms with Gasteiger partial charge in [0, 0.05) is 38.8 Å². The summed E-state index contributed by atoms with van der Waals surface area (Å²) in [6.45, 7) is 7.09. The van der Waals surface area contributed by atoms with Gasteiger partial charge in [0.15, 0.2) is 0 Å². The molecule has 40 heavy (non-hydrogen) atoms. The van der Waals surface area contributed by atoms with Crippen LogP contribution in [-0.4, -0.2) is 63.8 Å². The van der Waals surface area contributed by atoms with Crippen LogP contribution in [0, 0.1) is 5.92 Å². The van der Waals surface area contributed by atoms with E-state index in [0.717, 1.165) is 41.1 Å². The predicted octanol–water partition coefficient (Wildman–Crippen LogP) is 3.27. The Bertz CT molecular complexity index is 1260. The van der Waals surface area contributed by atoms with Crippen molar-refractivity contribution in [2.45, 2.75) is 71.4 Å². The van der Waals surface area contributed by atoms with Crippen molar-refractivity contribution in [2.75, 3.05) is 31.9 Å². The molecule has 1 heterocycles. The van der Waals surface area contributed by atoms with Gasteiger partial charge in [0.05, 0.1) is 11.7 Å². The molecule has 1 aliphatic heterocycles. The van der Waals surface area contributed by atoms with Gasteiger partial charge in [0.25, 0.3) is 5.91 Å². The minimum atomic E-state index is -3.73. The summed E-state index contributed by atoms with van der Waals surface area (Å²) in [6.07, 6.45) is 4.78. The Morgan fingerprint density at radius 2 is 1.75 bits per heavy atom. The van der Waals surface area contributed by atoms with E-state index in [0.29, 0.717) is 43.1 Å². The van der Waals surface area contributed by atoms with Crippen LogP contribution in [0.1, 0.15) is 67.1 Å². The zero-order chi connectivity index (χ0) is 29.3. The van der Waals surface area contributed by atoms with Gasteiger partial charge >= 0.3 is 10.2 Å². The second kappa shape index (κ2) is 14.6. The van der Waals surface area contributed by atoms with E-state index in [4.69, 9.17) is 0 Å². The fraction of sp³-hybridized carbons (Fsp3) is 0.533. The molecule has 0 spiro atoms. The van der Waals surface area contributed by atoms with Crippen LogP contribution in [0.4, 0.5) is 5.69 Å². The van der Waals surface area contributed by atoms with E-state index < -0.39 is 10.2 Å². The van der Waals surface area contributed by atoms with Crippen molar-refractivity contribution in [3.63, 3.8) is 0 Å². The number of nitrogens with zero attached hydrogens (tertiary/aromatic N) is 1. The lowest BCUT2D eigenvalue weighted by molar-refractivity contribution is -0.123. The summed E-state index contributed by atoms with van der Waals surface area (Å²) < 4.78 is 28.7. The highest BCUT2D eigenvalue weighted by atomic mass is 32.2. The fourth-order valence-corrected chi connectivity index (χ4v) is 5.30. The number of aryl methyl sites for hydroxylation is 2. The number of carbonyl (C=O) groups excluding carboxylic acids is 2. The van der Waals surface area contributed by atoms with E-state index in [9.17, 15) is 18.0 Å². The molecule has 0 aliphatic carbocycles. The normalized spacial score (nSPS) is 17.2. The molecule has 2 aromatic carbocycles. The summed E-state index contributed by atoms with van der Waals surface area (Å²) in [5.74, 6) is 0.0240. The molecular formula is C30H45N5O4S. The number of amides is 2. The quantitative estimate of drug-likeness (QED) is 0.349. The van der Waals surface area contributed by atoms with Crippen molar-refractivity contribution in [1.29, 1.82) is 0 Å². The van der Waals surface area contributed by atoms with Gasteiger partial charge in [0.1, 0.15) is 0 Å². The summed E-state index contributed by atoms with van der Waals surface area (Å²) in [7, 11) is -0.816. The maximum atomic E-state index is 13.6. The van der Waals surface area contributed by atoms with Gasteiger partial charge in [-0.25, -0.2) is 0 Å². The first kappa shape index (κ1) is 31.6. The molecule has 2 amide bonds. The topological polar surface area (TPSA) is 120 Å². The molecular weight excluding hydrogens is 526 g/mol. The van der Waals surface area contributed by atoms with Gasteiger partial charge in [-0.3, -0.25) is 14.3 Å². The van der Waals surface area contributed by atoms with Crippen molar-refractivity contribution < 1.29 is 18.0 Å². The molecule has 10 heteroatoms. The van der Waals surface area contributed by atoms with E-state index in [1.54, 1.807) is 12.1 Å². The fourth-order valence-electron chi connectivity index (χ4n) is 4.70. The molecule has 0 unspecified atom stereocenters. The molecule has 9 nitrogen and oxygen atoms in total. The first-order chi connectivity index (χ1) is 19.0. The molecule has 2 aromatic rings. The second-order valence-electron chi connectivity index (χ2n) is 11.2. The zero-order valence-electron chi connectivity index (χ0n) is 24.4. The summed E-state index contributed by atoms with van der Waals surface area (Å²) in [5.41, 5.74) is 4.02. The molecule has 4 bridgehead atoms. The van der Waals surface area contributed by atoms with Crippen LogP contribution in [-0.2, 0) is 34.3 Å². The lowest BCUT2D eigenvalue weighted by Crippen LogP contribution is -2.50. The number of anilines is 1. The minimum absolute atomic E-state index is 0.0454. The second-order valence-corrected chi connectivity index (χ2v) is 13.1. The van der Waals surface area contributed by atoms with Crippen molar-refractivity contribution in [3.8, 4) is 0 Å². The van der Waals surface area contributed by atoms with Gasteiger partial charge in [-0.15, -0.1) is 0 Å². The number of fused-ring (bicyclic) bond motifs is 4. The van der Waals surface area contributed by atoms with E-state index in [-0.39, 0.29) is 23.9 Å². The largest absolute Gasteiger partial charge is 0.354 e. The third kappa shape index (κ3) is 9.60. The Hall–Kier alpha value is -2.95. The van der Waals surface area contributed by atoms with Crippen LogP contribution < -0.4 is 20.7 Å². The standard InChI is InChI=1S/C30H45N5O4S/c1-6-28(30(37)32-19-21(2)3)31-20-27-17-23-13-9-12-22(14-23)10-7-8-11-24-15-25(29(36)33-27)18-26(16-24)34-40(38,39)35(4)5/h9,12-16,18,21,27-28,31,34H,6-8,10-11,17,19-20H2,1-5H3,(H,32,37)(H,33,36)/t27-,28+/m1/s1. The number of nitrogens with one attached hydrogen (secondary N) is 4. The van der Waals surface area contributed by atoms with E-state index in [1.807, 2.05) is 13.0 Å². The van der Waals surface area contributed by atoms with Gasteiger partial charge < -0.3 is 16.0 Å². The summed E-state index contributed by atoms with van der Waals surface area (Å²) in [5, 5.41) is 9.50. The van der Waals surface area contributed by atoms with Crippen molar-refractivity contribution in [3.05, 3.63) is 64.7 Å². The number of hydrogen-bond acceptors (Lipinski definition) is 5. The average Bonchev–Trinajstić information content (AvgIpc) is 2.89. The molecule has 3 rings (SSSR count). The highest BCUT2D eigenvalue weighted by Crippen LogP contribution is 2.21. The monoisotopic (exact) mass is 571 g/mol. The lowest BCUT2D eigenvalue weighted by atomic mass is 9.97. The van der Waals surface area contributed by atoms with E-state index in [1.165, 1.54) is 19.7 Å². The molecule has 0 aromatic heterocycles. The summed E-state index contributed by atoms with van der Waals surface area (Å²) >= 11 is 0. The third-order valence-corrected chi connectivity index (χ3v) is 8.45. The number of hydrogen-bond donors (Lipinski definition) is 4. The first-order valence-electron chi connectivity index (χ1n) is 14.2. The molecule has 0 radical (unpaired) electrons. The Morgan fingerprint density at radius 3 is 2.42 bits per heavy atom. The summed E-state index contributed by atoms with van der Waals surface area (Å²) in [4.78, 5) is 26.3. The number of carbonyl (C=O) groups is 2. The highest BCUT2D eigenvalue weighted by molar-refractivity contribution is 7.90. The van der Waals surface area contributed by atoms with Crippen LogP contribution >= 0.6 is 0 Å². The Labute approximate surface area is 239 Å². The van der Waals surface area contributed by atoms with Crippen LogP contribution in [0.5, 0.6) is 0 Å². The van der Waals surface area contributed by atoms with Crippen LogP contribution in [0.2, 0.25) is 0 Å². The maximum absolute atomic E-state index is 13.6. The molecule has 0 saturated heterocycles. The van der Waals surface area contributed by atoms with E-state index >= 15 is 0 Å². The van der Waals surface area contributed by atoms with Gasteiger partial charge in [-0.2, -0.15) is 12.7 Å². The SMILES string of the molecule is CC[C@H](NC[C@H]1Cc2cccc(c2)CCCCc2cc(NS(=O)(=O)N(C)C)cc(c2)C(=O)N1)C(=O)NCC(C)C. The smallest absolute Gasteiger partial charge is 0.301 e. The zero-order valence-corrected chi connectivity index (χ0v) is 25.2. The Morgan fingerprint density at radius 1 is 1.05 bits per heavy atom. The summed E-state index contributed by atoms with van der Waals surface area (Å²) in [6, 6.07) is 13.0. The van der Waals surface area contributed by atoms with E-state index in [2.05, 4.69) is 58.8 Å². The average molecular weight is 572 g/mol. The highest BCUT2D eigenvalue weighted by Gasteiger charge is 2.22. The van der Waals surface area contributed by atoms with Crippen molar-refractivity contribution >= 4 is 27.7 Å². The van der Waals surface area contributed by atoms with Gasteiger partial charge in [0.2, 0.25) is 5.91 Å². The Balaban J connectivity index is 1.88. The predicted molar refractivity (Wildman–Crippen MR) is 161 cm³/mol. The van der Waals surface area contributed by atoms with Gasteiger partial charge in [-0.1, -0.05) is 45.0 Å². The molecule has 0 saturated carbocycles. The number of rotatable bonds is 10. The first-order valence-corrected chi connectivity index (χ1v) is 15.6. The minimum Gasteiger partial charge on any atom is -0.354 e. The molecule has 4 N–H and O–H groups in total. The van der Waals surface area contributed by atoms with Gasteiger partial charge in [-0.05, 0) is 79.3 Å². The lowest BCUT2D eigenvalue weighted by Gasteiger charge is -2.24. The Kier molecular flexibility index (Phi) is 11.5. The molecule has 220 valence electrons. The van der Waals surface area contributed by atoms with Crippen molar-refractivity contribution in [1.82, 2.24) is 20.3 Å². The van der Waals surface area contributed by atoms with Crippen LogP contribution in [0.25, 0.3) is 0 Å². The van der Waals surface area contributed by atoms with Crippen molar-refractivity contribution in [2.24, 2.45) is 5.92 Å². The van der Waals surface area contributed by atoms with Crippen LogP contribution in [0.3, 0.4) is 0 Å². The molecule has 1 aliphatic rings. The van der Waals surface area contributed by atoms with Crippen LogP contribution in [0.15, 0.2) is 42.5 Å². The third-order valence-electron chi connectivity index (χ3n) is 6.99. The number of benzene rings is 2. The maximum Gasteiger partial charge on any atom is 0.301 e. The molecule has 0 fully saturated rings.